The van der Waals surface area contributed by atoms with Gasteiger partial charge in [-0.15, -0.1) is 0 Å². The summed E-state index contributed by atoms with van der Waals surface area (Å²) in [7, 11) is -4.71. The summed E-state index contributed by atoms with van der Waals surface area (Å²) in [6.07, 6.45) is 2.54. The fourth-order valence-electron chi connectivity index (χ4n) is 5.83. The molecule has 0 saturated carbocycles. The van der Waals surface area contributed by atoms with Gasteiger partial charge in [0.15, 0.2) is 8.24 Å². The minimum absolute atomic E-state index is 0.0676. The van der Waals surface area contributed by atoms with E-state index < -0.39 is 23.7 Å². The molecule has 0 saturated heterocycles. The van der Waals surface area contributed by atoms with E-state index >= 15 is 0 Å². The van der Waals surface area contributed by atoms with Crippen LogP contribution in [0.15, 0.2) is 11.9 Å². The van der Waals surface area contributed by atoms with Crippen molar-refractivity contribution in [1.82, 2.24) is 4.65 Å². The molecule has 1 nitrogen and oxygen atoms in total. The number of hydrogen-bond donors (Lipinski definition) is 1. The summed E-state index contributed by atoms with van der Waals surface area (Å²) in [4.78, 5) is 0. The third-order valence-electron chi connectivity index (χ3n) is 6.72. The van der Waals surface area contributed by atoms with Crippen LogP contribution < -0.4 is 4.65 Å². The Kier molecular flexibility index (Phi) is 10.7. The van der Waals surface area contributed by atoms with Crippen molar-refractivity contribution in [2.24, 2.45) is 5.41 Å². The number of allylic oxidation sites excluding steroid dienone is 1. The second-order valence-corrected chi connectivity index (χ2v) is 36.2. The van der Waals surface area contributed by atoms with Crippen molar-refractivity contribution in [2.75, 3.05) is 11.6 Å². The van der Waals surface area contributed by atoms with Crippen LogP contribution in [-0.4, -0.2) is 48.7 Å². The lowest BCUT2D eigenvalue weighted by Crippen LogP contribution is -2.64. The Hall–Kier alpha value is 0.994. The molecule has 33 heavy (non-hydrogen) atoms. The largest absolute Gasteiger partial charge is 0.357 e. The molecule has 0 aromatic rings. The monoisotopic (exact) mass is 532 g/mol. The van der Waals surface area contributed by atoms with E-state index in [1.165, 1.54) is 11.6 Å². The molecule has 198 valence electrons. The molecule has 0 radical (unpaired) electrons. The molecule has 0 atom stereocenters. The van der Waals surface area contributed by atoms with Gasteiger partial charge in [0.05, 0.1) is 21.9 Å². The minimum atomic E-state index is -1.65. The van der Waals surface area contributed by atoms with Gasteiger partial charge in [0, 0.05) is 7.26 Å². The highest BCUT2D eigenvalue weighted by Gasteiger charge is 2.59. The highest BCUT2D eigenvalue weighted by Crippen LogP contribution is 2.78. The minimum Gasteiger partial charge on any atom is -0.357 e. The average molecular weight is 533 g/mol. The molecule has 0 bridgehead atoms. The van der Waals surface area contributed by atoms with E-state index in [2.05, 4.69) is 147 Å². The summed E-state index contributed by atoms with van der Waals surface area (Å²) in [5.41, 5.74) is 0.226. The molecule has 1 N–H and O–H groups in total. The molecule has 5 heteroatoms. The first kappa shape index (κ1) is 34.0. The quantitative estimate of drug-likeness (QED) is 0.254. The van der Waals surface area contributed by atoms with Crippen LogP contribution in [0.3, 0.4) is 0 Å². The van der Waals surface area contributed by atoms with Gasteiger partial charge in [-0.3, -0.25) is 0 Å². The third-order valence-corrected chi connectivity index (χ3v) is 30.4. The molecule has 0 aliphatic heterocycles. The van der Waals surface area contributed by atoms with Crippen LogP contribution >= 0.6 is 15.2 Å². The van der Waals surface area contributed by atoms with Crippen molar-refractivity contribution in [2.45, 2.75) is 151 Å². The van der Waals surface area contributed by atoms with Gasteiger partial charge in [0.2, 0.25) is 0 Å². The van der Waals surface area contributed by atoms with Gasteiger partial charge in [-0.25, -0.2) is 0 Å². The van der Waals surface area contributed by atoms with E-state index in [9.17, 15) is 0 Å². The van der Waals surface area contributed by atoms with E-state index in [1.807, 2.05) is 0 Å². The summed E-state index contributed by atoms with van der Waals surface area (Å²) in [6.45, 7) is 47.5. The zero-order chi connectivity index (χ0) is 27.1. The van der Waals surface area contributed by atoms with Crippen LogP contribution in [0.25, 0.3) is 0 Å². The Morgan fingerprint density at radius 3 is 1.27 bits per heavy atom. The first-order valence-corrected chi connectivity index (χ1v) is 23.1. The van der Waals surface area contributed by atoms with Crippen molar-refractivity contribution in [3.8, 4) is 0 Å². The number of rotatable bonds is 7. The van der Waals surface area contributed by atoms with Gasteiger partial charge in [-0.05, 0) is 69.1 Å². The fourth-order valence-corrected chi connectivity index (χ4v) is 37.0. The van der Waals surface area contributed by atoms with Crippen molar-refractivity contribution in [3.63, 3.8) is 0 Å². The lowest BCUT2D eigenvalue weighted by Gasteiger charge is -2.50. The Morgan fingerprint density at radius 1 is 0.636 bits per heavy atom. The average Bonchev–Trinajstić information content (AvgIpc) is 2.42. The molecule has 0 unspecified atom stereocenters. The smallest absolute Gasteiger partial charge is 0.155 e. The maximum Gasteiger partial charge on any atom is 0.155 e. The molecule has 0 rings (SSSR count). The van der Waals surface area contributed by atoms with E-state index in [0.29, 0.717) is 20.6 Å². The molecule has 0 aromatic heterocycles. The van der Waals surface area contributed by atoms with Crippen molar-refractivity contribution < 1.29 is 0 Å². The lowest BCUT2D eigenvalue weighted by atomic mass is 9.98. The Bertz CT molecular complexity index is 632. The van der Waals surface area contributed by atoms with Crippen LogP contribution in [0.2, 0.25) is 26.2 Å². The topological polar surface area (TPSA) is 12.0 Å². The number of hydrogen-bond acceptors (Lipinski definition) is 1. The zero-order valence-electron chi connectivity index (χ0n) is 26.5. The molecule has 0 amide bonds. The SMILES string of the molecule is CC(C)(C)/C=C/[P+](C[Si](C)(C)N[Si](C)(C)CP(C(C)(C)C)C(C)(C)C)(C(C)(C)C)C(C)(C)C. The molecule has 0 fully saturated rings. The molecular weight excluding hydrogens is 468 g/mol. The Balaban J connectivity index is 6.31. The summed E-state index contributed by atoms with van der Waals surface area (Å²) in [5.74, 6) is 5.55. The van der Waals surface area contributed by atoms with Gasteiger partial charge in [0.25, 0.3) is 0 Å². The summed E-state index contributed by atoms with van der Waals surface area (Å²) < 4.78 is 4.49. The van der Waals surface area contributed by atoms with E-state index in [1.54, 1.807) is 0 Å². The fraction of sp³-hybridized carbons (Fsp3) is 0.929. The maximum absolute atomic E-state index is 4.49. The lowest BCUT2D eigenvalue weighted by molar-refractivity contribution is 0.544. The predicted octanol–water partition coefficient (Wildman–Crippen LogP) is 10.3. The summed E-state index contributed by atoms with van der Waals surface area (Å²) in [6, 6.07) is 0. The predicted molar refractivity (Wildman–Crippen MR) is 169 cm³/mol. The second kappa shape index (κ2) is 10.4. The van der Waals surface area contributed by atoms with Crippen LogP contribution in [0.1, 0.15) is 104 Å². The molecule has 0 aliphatic rings. The van der Waals surface area contributed by atoms with Crippen molar-refractivity contribution in [1.29, 1.82) is 0 Å². The Morgan fingerprint density at radius 2 is 1.00 bits per heavy atom. The van der Waals surface area contributed by atoms with Crippen molar-refractivity contribution >= 4 is 31.7 Å². The van der Waals surface area contributed by atoms with E-state index in [4.69, 9.17) is 0 Å². The van der Waals surface area contributed by atoms with E-state index in [0.717, 1.165) is 0 Å². The normalized spacial score (nSPS) is 16.2. The zero-order valence-corrected chi connectivity index (χ0v) is 30.3. The molecule has 0 spiro atoms. The molecule has 0 aromatic carbocycles. The van der Waals surface area contributed by atoms with Gasteiger partial charge in [-0.1, -0.05) is 96.4 Å². The van der Waals surface area contributed by atoms with Crippen molar-refractivity contribution in [3.05, 3.63) is 11.9 Å². The summed E-state index contributed by atoms with van der Waals surface area (Å²) >= 11 is 0. The van der Waals surface area contributed by atoms with Gasteiger partial charge in [-0.2, -0.15) is 0 Å². The summed E-state index contributed by atoms with van der Waals surface area (Å²) in [5, 5.41) is 1.39. The molecule has 0 aliphatic carbocycles. The van der Waals surface area contributed by atoms with Crippen LogP contribution in [0.4, 0.5) is 0 Å². The highest BCUT2D eigenvalue weighted by molar-refractivity contribution is 7.83. The molecule has 0 heterocycles. The Labute approximate surface area is 215 Å². The van der Waals surface area contributed by atoms with Gasteiger partial charge >= 0.3 is 0 Å². The second-order valence-electron chi connectivity index (χ2n) is 16.9. The van der Waals surface area contributed by atoms with Crippen LogP contribution in [0.5, 0.6) is 0 Å². The van der Waals surface area contributed by atoms with Gasteiger partial charge < -0.3 is 4.65 Å². The van der Waals surface area contributed by atoms with E-state index in [-0.39, 0.29) is 13.3 Å². The first-order chi connectivity index (χ1) is 14.0. The third kappa shape index (κ3) is 10.5. The van der Waals surface area contributed by atoms with Gasteiger partial charge in [0.1, 0.15) is 8.24 Å². The highest BCUT2D eigenvalue weighted by atomic mass is 31.2. The first-order valence-electron chi connectivity index (χ1n) is 13.1. The maximum atomic E-state index is 4.49. The van der Waals surface area contributed by atoms with Crippen LogP contribution in [0, 0.1) is 5.41 Å². The standard InChI is InChI=1S/C28H64NP2Si2/c1-24(2,3)20-21-31(27(10,11)12,28(13,14)15)23-33(18,19)29-32(16,17)22-30(25(4,5)6)26(7,8)9/h20-21,29H,22-23H2,1-19H3/q+1/b21-20+. The number of nitrogens with one attached hydrogen (secondary N) is 1. The van der Waals surface area contributed by atoms with Crippen LogP contribution in [-0.2, 0) is 0 Å². The molecular formula is C28H64NP2Si2+.